The van der Waals surface area contributed by atoms with E-state index >= 15 is 0 Å². The summed E-state index contributed by atoms with van der Waals surface area (Å²) in [7, 11) is 0. The second-order valence-corrected chi connectivity index (χ2v) is 6.19. The van der Waals surface area contributed by atoms with Crippen LogP contribution in [0.3, 0.4) is 0 Å². The Kier molecular flexibility index (Phi) is 5.40. The van der Waals surface area contributed by atoms with E-state index in [1.807, 2.05) is 21.8 Å². The molecule has 5 nitrogen and oxygen atoms in total. The summed E-state index contributed by atoms with van der Waals surface area (Å²) in [6.07, 6.45) is 9.33. The molecule has 0 bridgehead atoms. The number of piperidine rings is 1. The second kappa shape index (κ2) is 7.90. The third-order valence-electron chi connectivity index (χ3n) is 4.58. The van der Waals surface area contributed by atoms with Crippen molar-refractivity contribution in [2.75, 3.05) is 13.1 Å². The fourth-order valence-corrected chi connectivity index (χ4v) is 3.20. The molecule has 1 aliphatic rings. The van der Waals surface area contributed by atoms with E-state index in [2.05, 4.69) is 34.6 Å². The van der Waals surface area contributed by atoms with Crippen molar-refractivity contribution in [3.63, 3.8) is 0 Å². The summed E-state index contributed by atoms with van der Waals surface area (Å²) in [6, 6.07) is 10.9. The highest BCUT2D eigenvalue weighted by atomic mass is 16.2. The first-order chi connectivity index (χ1) is 11.3. The Bertz CT molecular complexity index is 589. The van der Waals surface area contributed by atoms with E-state index in [4.69, 9.17) is 0 Å². The molecule has 2 heterocycles. The first-order valence-electron chi connectivity index (χ1n) is 8.50. The molecule has 0 saturated carbocycles. The summed E-state index contributed by atoms with van der Waals surface area (Å²) >= 11 is 0. The molecule has 5 heteroatoms. The molecule has 1 aliphatic heterocycles. The van der Waals surface area contributed by atoms with Crippen molar-refractivity contribution in [1.29, 1.82) is 0 Å². The van der Waals surface area contributed by atoms with Crippen molar-refractivity contribution < 1.29 is 4.79 Å². The summed E-state index contributed by atoms with van der Waals surface area (Å²) < 4.78 is 1.92. The van der Waals surface area contributed by atoms with Gasteiger partial charge in [-0.1, -0.05) is 35.5 Å². The second-order valence-electron chi connectivity index (χ2n) is 6.19. The number of benzene rings is 1. The molecule has 0 aliphatic carbocycles. The van der Waals surface area contributed by atoms with Gasteiger partial charge >= 0.3 is 0 Å². The van der Waals surface area contributed by atoms with E-state index < -0.39 is 0 Å². The Labute approximate surface area is 137 Å². The Balaban J connectivity index is 1.35. The number of likely N-dealkylation sites (tertiary alicyclic amines) is 1. The van der Waals surface area contributed by atoms with Crippen LogP contribution in [0.15, 0.2) is 42.7 Å². The molecular formula is C18H24N4O. The standard InChI is InChI=1S/C18H24N4O/c23-18(9-5-4-8-16-6-2-1-3-7-16)21-13-10-17(11-14-21)22-15-12-19-20-22/h1-3,6-7,12,15,17H,4-5,8-11,13-14H2. The number of hydrogen-bond donors (Lipinski definition) is 0. The molecule has 23 heavy (non-hydrogen) atoms. The fraction of sp³-hybridized carbons (Fsp3) is 0.500. The molecule has 0 spiro atoms. The molecule has 122 valence electrons. The predicted molar refractivity (Wildman–Crippen MR) is 88.9 cm³/mol. The number of amides is 1. The first-order valence-corrected chi connectivity index (χ1v) is 8.50. The van der Waals surface area contributed by atoms with Crippen LogP contribution in [0.4, 0.5) is 0 Å². The lowest BCUT2D eigenvalue weighted by Crippen LogP contribution is -2.39. The third-order valence-corrected chi connectivity index (χ3v) is 4.58. The van der Waals surface area contributed by atoms with Gasteiger partial charge in [0.25, 0.3) is 0 Å². The van der Waals surface area contributed by atoms with Crippen LogP contribution in [0.5, 0.6) is 0 Å². The van der Waals surface area contributed by atoms with Crippen LogP contribution < -0.4 is 0 Å². The SMILES string of the molecule is O=C(CCCCc1ccccc1)N1CCC(n2ccnn2)CC1. The average Bonchev–Trinajstić information content (AvgIpc) is 3.14. The van der Waals surface area contributed by atoms with Gasteiger partial charge in [0.1, 0.15) is 0 Å². The van der Waals surface area contributed by atoms with E-state index in [9.17, 15) is 4.79 Å². The van der Waals surface area contributed by atoms with Gasteiger partial charge in [0, 0.05) is 25.7 Å². The van der Waals surface area contributed by atoms with E-state index in [0.717, 1.165) is 45.2 Å². The Morgan fingerprint density at radius 3 is 2.61 bits per heavy atom. The maximum atomic E-state index is 12.3. The van der Waals surface area contributed by atoms with Crippen molar-refractivity contribution in [3.05, 3.63) is 48.3 Å². The van der Waals surface area contributed by atoms with Gasteiger partial charge in [-0.3, -0.25) is 4.79 Å². The van der Waals surface area contributed by atoms with Gasteiger partial charge in [-0.15, -0.1) is 5.10 Å². The summed E-state index contributed by atoms with van der Waals surface area (Å²) in [5, 5.41) is 7.92. The molecule has 0 N–H and O–H groups in total. The van der Waals surface area contributed by atoms with Gasteiger partial charge in [0.2, 0.25) is 5.91 Å². The van der Waals surface area contributed by atoms with Crippen LogP contribution in [-0.4, -0.2) is 38.9 Å². The first kappa shape index (κ1) is 15.7. The minimum Gasteiger partial charge on any atom is -0.343 e. The van der Waals surface area contributed by atoms with Crippen LogP contribution >= 0.6 is 0 Å². The van der Waals surface area contributed by atoms with Crippen LogP contribution in [0.25, 0.3) is 0 Å². The number of aryl methyl sites for hydroxylation is 1. The lowest BCUT2D eigenvalue weighted by molar-refractivity contribution is -0.132. The van der Waals surface area contributed by atoms with Crippen molar-refractivity contribution in [1.82, 2.24) is 19.9 Å². The molecule has 3 rings (SSSR count). The smallest absolute Gasteiger partial charge is 0.222 e. The largest absolute Gasteiger partial charge is 0.343 e. The minimum absolute atomic E-state index is 0.301. The summed E-state index contributed by atoms with van der Waals surface area (Å²) in [5.74, 6) is 0.301. The summed E-state index contributed by atoms with van der Waals surface area (Å²) in [4.78, 5) is 14.3. The number of aromatic nitrogens is 3. The molecule has 2 aromatic rings. The van der Waals surface area contributed by atoms with E-state index in [-0.39, 0.29) is 0 Å². The zero-order chi connectivity index (χ0) is 15.9. The van der Waals surface area contributed by atoms with Crippen molar-refractivity contribution in [3.8, 4) is 0 Å². The highest BCUT2D eigenvalue weighted by molar-refractivity contribution is 5.76. The average molecular weight is 312 g/mol. The summed E-state index contributed by atoms with van der Waals surface area (Å²) in [5.41, 5.74) is 1.36. The van der Waals surface area contributed by atoms with E-state index in [1.54, 1.807) is 6.20 Å². The van der Waals surface area contributed by atoms with Gasteiger partial charge < -0.3 is 4.90 Å². The lowest BCUT2D eigenvalue weighted by atomic mass is 10.0. The third kappa shape index (κ3) is 4.41. The van der Waals surface area contributed by atoms with Gasteiger partial charge in [0.05, 0.1) is 12.2 Å². The van der Waals surface area contributed by atoms with Crippen LogP contribution in [0, 0.1) is 0 Å². The topological polar surface area (TPSA) is 51.0 Å². The molecule has 0 radical (unpaired) electrons. The number of carbonyl (C=O) groups excluding carboxylic acids is 1. The number of carbonyl (C=O) groups is 1. The number of unbranched alkanes of at least 4 members (excludes halogenated alkanes) is 1. The molecule has 1 amide bonds. The normalized spacial score (nSPS) is 15.7. The Morgan fingerprint density at radius 2 is 1.91 bits per heavy atom. The number of hydrogen-bond acceptors (Lipinski definition) is 3. The number of nitrogens with zero attached hydrogens (tertiary/aromatic N) is 4. The quantitative estimate of drug-likeness (QED) is 0.771. The molecule has 1 aromatic heterocycles. The van der Waals surface area contributed by atoms with E-state index in [0.29, 0.717) is 18.4 Å². The number of rotatable bonds is 6. The van der Waals surface area contributed by atoms with Crippen LogP contribution in [0.2, 0.25) is 0 Å². The highest BCUT2D eigenvalue weighted by Crippen LogP contribution is 2.22. The Hall–Kier alpha value is -2.17. The van der Waals surface area contributed by atoms with Gasteiger partial charge in [-0.05, 0) is 37.7 Å². The van der Waals surface area contributed by atoms with E-state index in [1.165, 1.54) is 5.56 Å². The zero-order valence-corrected chi connectivity index (χ0v) is 13.5. The molecule has 0 unspecified atom stereocenters. The van der Waals surface area contributed by atoms with Crippen LogP contribution in [-0.2, 0) is 11.2 Å². The van der Waals surface area contributed by atoms with Crippen molar-refractivity contribution in [2.24, 2.45) is 0 Å². The predicted octanol–water partition coefficient (Wildman–Crippen LogP) is 2.85. The lowest BCUT2D eigenvalue weighted by Gasteiger charge is -2.31. The van der Waals surface area contributed by atoms with Gasteiger partial charge in [-0.2, -0.15) is 0 Å². The highest BCUT2D eigenvalue weighted by Gasteiger charge is 2.23. The zero-order valence-electron chi connectivity index (χ0n) is 13.5. The van der Waals surface area contributed by atoms with Crippen molar-refractivity contribution >= 4 is 5.91 Å². The molecular weight excluding hydrogens is 288 g/mol. The molecule has 0 atom stereocenters. The Morgan fingerprint density at radius 1 is 1.13 bits per heavy atom. The monoisotopic (exact) mass is 312 g/mol. The van der Waals surface area contributed by atoms with Gasteiger partial charge in [-0.25, -0.2) is 4.68 Å². The molecule has 1 aromatic carbocycles. The van der Waals surface area contributed by atoms with Gasteiger partial charge in [0.15, 0.2) is 0 Å². The summed E-state index contributed by atoms with van der Waals surface area (Å²) in [6.45, 7) is 1.67. The molecule has 1 fully saturated rings. The van der Waals surface area contributed by atoms with Crippen molar-refractivity contribution in [2.45, 2.75) is 44.6 Å². The van der Waals surface area contributed by atoms with Crippen LogP contribution in [0.1, 0.15) is 43.7 Å². The fourth-order valence-electron chi connectivity index (χ4n) is 3.20. The maximum absolute atomic E-state index is 12.3. The molecule has 1 saturated heterocycles. The maximum Gasteiger partial charge on any atom is 0.222 e. The minimum atomic E-state index is 0.301.